The molecule has 0 saturated carbocycles. The van der Waals surface area contributed by atoms with Crippen molar-refractivity contribution in [3.05, 3.63) is 53.6 Å². The van der Waals surface area contributed by atoms with Crippen LogP contribution in [0.25, 0.3) is 0 Å². The van der Waals surface area contributed by atoms with Crippen molar-refractivity contribution in [3.8, 4) is 11.5 Å². The predicted molar refractivity (Wildman–Crippen MR) is 118 cm³/mol. The van der Waals surface area contributed by atoms with E-state index in [1.54, 1.807) is 36.4 Å². The van der Waals surface area contributed by atoms with E-state index in [-0.39, 0.29) is 13.0 Å². The van der Waals surface area contributed by atoms with Gasteiger partial charge in [0, 0.05) is 18.1 Å². The maximum Gasteiger partial charge on any atom is 0.311 e. The molecule has 0 unspecified atom stereocenters. The van der Waals surface area contributed by atoms with Gasteiger partial charge < -0.3 is 19.5 Å². The minimum Gasteiger partial charge on any atom is -0.497 e. The highest BCUT2D eigenvalue weighted by atomic mass is 16.5. The molecule has 0 aromatic heterocycles. The van der Waals surface area contributed by atoms with Gasteiger partial charge in [0.15, 0.2) is 6.61 Å². The molecule has 0 spiro atoms. The molecule has 1 heterocycles. The lowest BCUT2D eigenvalue weighted by Crippen LogP contribution is -2.43. The number of nitrogens with zero attached hydrogens (tertiary/aromatic N) is 1. The smallest absolute Gasteiger partial charge is 0.311 e. The summed E-state index contributed by atoms with van der Waals surface area (Å²) in [7, 11) is 2.95. The minimum atomic E-state index is -0.797. The largest absolute Gasteiger partial charge is 0.497 e. The Bertz CT molecular complexity index is 1070. The summed E-state index contributed by atoms with van der Waals surface area (Å²) in [6, 6.07) is 11.8. The summed E-state index contributed by atoms with van der Waals surface area (Å²) in [6.07, 6.45) is -0.127. The van der Waals surface area contributed by atoms with Crippen LogP contribution in [0.5, 0.6) is 11.5 Å². The summed E-state index contributed by atoms with van der Waals surface area (Å²) >= 11 is 0. The van der Waals surface area contributed by atoms with E-state index in [0.717, 1.165) is 10.6 Å². The van der Waals surface area contributed by atoms with Gasteiger partial charge in [-0.15, -0.1) is 0 Å². The molecule has 1 saturated heterocycles. The molecule has 1 fully saturated rings. The SMILES string of the molecule is COc1ccc(OC)c(NC(=O)COC(=O)[C@@H]2CC(=O)N(NC(=O)c3cccc(C)c3)C2)c1. The van der Waals surface area contributed by atoms with Crippen molar-refractivity contribution >= 4 is 29.4 Å². The Kier molecular flexibility index (Phi) is 7.50. The van der Waals surface area contributed by atoms with Crippen LogP contribution in [0, 0.1) is 12.8 Å². The summed E-state index contributed by atoms with van der Waals surface area (Å²) in [5, 5.41) is 3.69. The normalized spacial score (nSPS) is 15.1. The first-order valence-corrected chi connectivity index (χ1v) is 10.2. The average Bonchev–Trinajstić information content (AvgIpc) is 3.17. The topological polar surface area (TPSA) is 123 Å². The van der Waals surface area contributed by atoms with E-state index in [2.05, 4.69) is 10.7 Å². The highest BCUT2D eigenvalue weighted by Gasteiger charge is 2.36. The van der Waals surface area contributed by atoms with Crippen molar-refractivity contribution in [2.45, 2.75) is 13.3 Å². The molecule has 3 amide bonds. The summed E-state index contributed by atoms with van der Waals surface area (Å²) in [5.41, 5.74) is 4.18. The third-order valence-electron chi connectivity index (χ3n) is 5.00. The summed E-state index contributed by atoms with van der Waals surface area (Å²) in [6.45, 7) is 1.27. The molecule has 10 nitrogen and oxygen atoms in total. The third kappa shape index (κ3) is 6.00. The Labute approximate surface area is 190 Å². The Morgan fingerprint density at radius 2 is 1.88 bits per heavy atom. The fraction of sp³-hybridized carbons (Fsp3) is 0.304. The van der Waals surface area contributed by atoms with Crippen LogP contribution in [0.1, 0.15) is 22.3 Å². The number of ether oxygens (including phenoxy) is 3. The van der Waals surface area contributed by atoms with Crippen LogP contribution in [0.2, 0.25) is 0 Å². The second kappa shape index (κ2) is 10.5. The minimum absolute atomic E-state index is 0.0411. The maximum atomic E-state index is 12.4. The van der Waals surface area contributed by atoms with Crippen LogP contribution >= 0.6 is 0 Å². The summed E-state index contributed by atoms with van der Waals surface area (Å²) in [4.78, 5) is 49.2. The van der Waals surface area contributed by atoms with Gasteiger partial charge in [-0.2, -0.15) is 0 Å². The fourth-order valence-electron chi connectivity index (χ4n) is 3.30. The molecule has 3 rings (SSSR count). The van der Waals surface area contributed by atoms with Crippen molar-refractivity contribution in [3.63, 3.8) is 0 Å². The van der Waals surface area contributed by atoms with Gasteiger partial charge in [-0.1, -0.05) is 17.7 Å². The van der Waals surface area contributed by atoms with Crippen LogP contribution in [0.4, 0.5) is 5.69 Å². The van der Waals surface area contributed by atoms with E-state index < -0.39 is 36.2 Å². The molecule has 2 N–H and O–H groups in total. The number of aryl methyl sites for hydroxylation is 1. The number of hydrazine groups is 1. The number of nitrogens with one attached hydrogen (secondary N) is 2. The van der Waals surface area contributed by atoms with Crippen LogP contribution in [0.3, 0.4) is 0 Å². The second-order valence-electron chi connectivity index (χ2n) is 7.44. The van der Waals surface area contributed by atoms with Crippen molar-refractivity contribution in [1.82, 2.24) is 10.4 Å². The number of hydrogen-bond donors (Lipinski definition) is 2. The average molecular weight is 455 g/mol. The summed E-state index contributed by atoms with van der Waals surface area (Å²) < 4.78 is 15.4. The Balaban J connectivity index is 1.51. The Hall–Kier alpha value is -4.08. The molecule has 2 aromatic carbocycles. The molecular formula is C23H25N3O7. The van der Waals surface area contributed by atoms with Gasteiger partial charge in [0.1, 0.15) is 11.5 Å². The first-order valence-electron chi connectivity index (χ1n) is 10.2. The van der Waals surface area contributed by atoms with Gasteiger partial charge in [-0.3, -0.25) is 29.6 Å². The molecule has 2 aromatic rings. The molecule has 0 radical (unpaired) electrons. The van der Waals surface area contributed by atoms with Gasteiger partial charge >= 0.3 is 5.97 Å². The maximum absolute atomic E-state index is 12.4. The highest BCUT2D eigenvalue weighted by Crippen LogP contribution is 2.28. The molecule has 33 heavy (non-hydrogen) atoms. The molecular weight excluding hydrogens is 430 g/mol. The molecule has 1 aliphatic heterocycles. The number of carbonyl (C=O) groups excluding carboxylic acids is 4. The Morgan fingerprint density at radius 3 is 2.58 bits per heavy atom. The monoisotopic (exact) mass is 455 g/mol. The lowest BCUT2D eigenvalue weighted by molar-refractivity contribution is -0.151. The lowest BCUT2D eigenvalue weighted by atomic mass is 10.1. The van der Waals surface area contributed by atoms with E-state index in [1.807, 2.05) is 13.0 Å². The zero-order valence-corrected chi connectivity index (χ0v) is 18.5. The molecule has 1 aliphatic rings. The molecule has 174 valence electrons. The van der Waals surface area contributed by atoms with Gasteiger partial charge in [-0.05, 0) is 31.2 Å². The van der Waals surface area contributed by atoms with E-state index in [9.17, 15) is 19.2 Å². The van der Waals surface area contributed by atoms with Gasteiger partial charge in [0.25, 0.3) is 11.8 Å². The highest BCUT2D eigenvalue weighted by molar-refractivity contribution is 5.97. The lowest BCUT2D eigenvalue weighted by Gasteiger charge is -2.17. The van der Waals surface area contributed by atoms with Crippen molar-refractivity contribution in [1.29, 1.82) is 0 Å². The quantitative estimate of drug-likeness (QED) is 0.581. The van der Waals surface area contributed by atoms with E-state index in [0.29, 0.717) is 22.7 Å². The molecule has 0 aliphatic carbocycles. The molecule has 10 heteroatoms. The van der Waals surface area contributed by atoms with E-state index >= 15 is 0 Å². The van der Waals surface area contributed by atoms with Crippen LogP contribution in [0.15, 0.2) is 42.5 Å². The van der Waals surface area contributed by atoms with Gasteiger partial charge in [0.2, 0.25) is 5.91 Å². The standard InChI is InChI=1S/C23H25N3O7/c1-14-5-4-6-15(9-14)22(29)25-26-12-16(10-21(26)28)23(30)33-13-20(27)24-18-11-17(31-2)7-8-19(18)32-3/h4-9,11,16H,10,12-13H2,1-3H3,(H,24,27)(H,25,29)/t16-/m1/s1. The molecule has 0 bridgehead atoms. The van der Waals surface area contributed by atoms with Crippen molar-refractivity contribution in [2.75, 3.05) is 32.7 Å². The Morgan fingerprint density at radius 1 is 1.09 bits per heavy atom. The zero-order valence-electron chi connectivity index (χ0n) is 18.5. The fourth-order valence-corrected chi connectivity index (χ4v) is 3.30. The van der Waals surface area contributed by atoms with Crippen LogP contribution in [-0.4, -0.2) is 56.1 Å². The molecule has 1 atom stereocenters. The number of esters is 1. The number of methoxy groups -OCH3 is 2. The van der Waals surface area contributed by atoms with Crippen molar-refractivity contribution in [2.24, 2.45) is 5.92 Å². The third-order valence-corrected chi connectivity index (χ3v) is 5.00. The number of hydrogen-bond acceptors (Lipinski definition) is 7. The summed E-state index contributed by atoms with van der Waals surface area (Å²) in [5.74, 6) is -2.02. The van der Waals surface area contributed by atoms with Gasteiger partial charge in [0.05, 0.1) is 32.4 Å². The number of anilines is 1. The number of carbonyl (C=O) groups is 4. The predicted octanol–water partition coefficient (Wildman–Crippen LogP) is 1.69. The first kappa shape index (κ1) is 23.6. The zero-order chi connectivity index (χ0) is 24.0. The van der Waals surface area contributed by atoms with Gasteiger partial charge in [-0.25, -0.2) is 0 Å². The first-order chi connectivity index (χ1) is 15.8. The van der Waals surface area contributed by atoms with Crippen molar-refractivity contribution < 1.29 is 33.4 Å². The number of benzene rings is 2. The van der Waals surface area contributed by atoms with E-state index in [4.69, 9.17) is 14.2 Å². The van der Waals surface area contributed by atoms with Crippen LogP contribution < -0.4 is 20.2 Å². The number of amides is 3. The second-order valence-corrected chi connectivity index (χ2v) is 7.44. The number of rotatable bonds is 8. The van der Waals surface area contributed by atoms with Crippen LogP contribution in [-0.2, 0) is 19.1 Å². The van der Waals surface area contributed by atoms with E-state index in [1.165, 1.54) is 14.2 Å².